The Morgan fingerprint density at radius 3 is 2.50 bits per heavy atom. The molecule has 30 heavy (non-hydrogen) atoms. The summed E-state index contributed by atoms with van der Waals surface area (Å²) in [6, 6.07) is 10.5. The Hall–Kier alpha value is -2.62. The van der Waals surface area contributed by atoms with Crippen LogP contribution in [-0.4, -0.2) is 58.1 Å². The molecule has 8 nitrogen and oxygen atoms in total. The normalized spacial score (nSPS) is 17.1. The van der Waals surface area contributed by atoms with Crippen LogP contribution in [0, 0.1) is 13.8 Å². The first-order chi connectivity index (χ1) is 14.3. The van der Waals surface area contributed by atoms with Gasteiger partial charge in [0.2, 0.25) is 16.8 Å². The summed E-state index contributed by atoms with van der Waals surface area (Å²) < 4.78 is 38.0. The second-order valence-corrected chi connectivity index (χ2v) is 9.63. The quantitative estimate of drug-likeness (QED) is 0.721. The van der Waals surface area contributed by atoms with Crippen molar-refractivity contribution in [3.8, 4) is 11.5 Å². The molecule has 4 rings (SSSR count). The third kappa shape index (κ3) is 4.28. The van der Waals surface area contributed by atoms with Crippen molar-refractivity contribution in [3.05, 3.63) is 47.5 Å². The van der Waals surface area contributed by atoms with Crippen molar-refractivity contribution in [1.29, 1.82) is 0 Å². The number of sulfonamides is 1. The monoisotopic (exact) mass is 432 g/mol. The molecule has 160 valence electrons. The molecule has 0 bridgehead atoms. The number of ether oxygens (including phenoxy) is 2. The Morgan fingerprint density at radius 2 is 1.77 bits per heavy atom. The Labute approximate surface area is 176 Å². The number of piperazine rings is 1. The Kier molecular flexibility index (Phi) is 5.68. The molecule has 0 radical (unpaired) electrons. The molecule has 2 aromatic rings. The molecule has 0 atom stereocenters. The highest BCUT2D eigenvalue weighted by Gasteiger charge is 2.31. The maximum absolute atomic E-state index is 12.9. The standard InChI is InChI=1S/C21H25N3O5S/c1-15-3-5-18(11-16(15)2)30(26,27)24-9-7-23(8-10-24)13-21(25)22-17-4-6-19-20(12-17)29-14-28-19/h3-6,11-12H,7-10,13-14H2,1-2H3,(H,22,25)/p+1. The van der Waals surface area contributed by atoms with Crippen molar-refractivity contribution >= 4 is 21.6 Å². The highest BCUT2D eigenvalue weighted by atomic mass is 32.2. The maximum Gasteiger partial charge on any atom is 0.279 e. The van der Waals surface area contributed by atoms with Crippen molar-refractivity contribution in [1.82, 2.24) is 4.31 Å². The van der Waals surface area contributed by atoms with E-state index in [0.29, 0.717) is 48.3 Å². The zero-order chi connectivity index (χ0) is 21.3. The molecule has 1 saturated heterocycles. The van der Waals surface area contributed by atoms with Crippen LogP contribution < -0.4 is 19.7 Å². The van der Waals surface area contributed by atoms with Gasteiger partial charge in [-0.25, -0.2) is 8.42 Å². The molecule has 9 heteroatoms. The molecule has 0 aliphatic carbocycles. The Morgan fingerprint density at radius 1 is 1.03 bits per heavy atom. The number of hydrogen-bond donors (Lipinski definition) is 2. The Bertz CT molecular complexity index is 1060. The summed E-state index contributed by atoms with van der Waals surface area (Å²) in [5.41, 5.74) is 2.68. The van der Waals surface area contributed by atoms with Crippen LogP contribution in [0.4, 0.5) is 5.69 Å². The van der Waals surface area contributed by atoms with Crippen LogP contribution in [0.2, 0.25) is 0 Å². The number of quaternary nitrogens is 1. The lowest BCUT2D eigenvalue weighted by Gasteiger charge is -2.31. The number of amides is 1. The van der Waals surface area contributed by atoms with Gasteiger partial charge in [-0.1, -0.05) is 6.07 Å². The van der Waals surface area contributed by atoms with E-state index >= 15 is 0 Å². The number of benzene rings is 2. The fraction of sp³-hybridized carbons (Fsp3) is 0.381. The molecular weight excluding hydrogens is 406 g/mol. The van der Waals surface area contributed by atoms with Gasteiger partial charge in [0.05, 0.1) is 31.1 Å². The number of anilines is 1. The van der Waals surface area contributed by atoms with Crippen molar-refractivity contribution in [2.45, 2.75) is 18.7 Å². The van der Waals surface area contributed by atoms with Crippen LogP contribution in [-0.2, 0) is 14.8 Å². The van der Waals surface area contributed by atoms with Gasteiger partial charge >= 0.3 is 0 Å². The molecule has 2 N–H and O–H groups in total. The lowest BCUT2D eigenvalue weighted by Crippen LogP contribution is -3.15. The zero-order valence-electron chi connectivity index (χ0n) is 17.1. The molecule has 1 amide bonds. The molecule has 2 heterocycles. The van der Waals surface area contributed by atoms with Gasteiger partial charge in [-0.2, -0.15) is 4.31 Å². The van der Waals surface area contributed by atoms with Crippen LogP contribution in [0.1, 0.15) is 11.1 Å². The summed E-state index contributed by atoms with van der Waals surface area (Å²) in [6.07, 6.45) is 0. The third-order valence-corrected chi connectivity index (χ3v) is 7.51. The average Bonchev–Trinajstić information content (AvgIpc) is 3.18. The summed E-state index contributed by atoms with van der Waals surface area (Å²) in [5, 5.41) is 2.87. The number of rotatable bonds is 5. The molecular formula is C21H26N3O5S+. The highest BCUT2D eigenvalue weighted by molar-refractivity contribution is 7.89. The predicted octanol–water partition coefficient (Wildman–Crippen LogP) is 0.560. The molecule has 0 unspecified atom stereocenters. The minimum atomic E-state index is -3.51. The molecule has 2 aliphatic rings. The molecule has 1 fully saturated rings. The van der Waals surface area contributed by atoms with E-state index in [2.05, 4.69) is 5.32 Å². The average molecular weight is 433 g/mol. The second-order valence-electron chi connectivity index (χ2n) is 7.69. The fourth-order valence-electron chi connectivity index (χ4n) is 3.65. The lowest BCUT2D eigenvalue weighted by molar-refractivity contribution is -0.895. The van der Waals surface area contributed by atoms with Gasteiger partial charge in [0, 0.05) is 11.8 Å². The minimum Gasteiger partial charge on any atom is -0.454 e. The van der Waals surface area contributed by atoms with E-state index in [1.807, 2.05) is 19.9 Å². The second kappa shape index (κ2) is 8.25. The largest absolute Gasteiger partial charge is 0.454 e. The number of nitrogens with one attached hydrogen (secondary N) is 2. The number of hydrogen-bond acceptors (Lipinski definition) is 5. The predicted molar refractivity (Wildman–Crippen MR) is 111 cm³/mol. The highest BCUT2D eigenvalue weighted by Crippen LogP contribution is 2.34. The number of fused-ring (bicyclic) bond motifs is 1. The third-order valence-electron chi connectivity index (χ3n) is 5.61. The van der Waals surface area contributed by atoms with E-state index in [4.69, 9.17) is 9.47 Å². The first-order valence-electron chi connectivity index (χ1n) is 9.93. The summed E-state index contributed by atoms with van der Waals surface area (Å²) in [4.78, 5) is 13.8. The van der Waals surface area contributed by atoms with Gasteiger partial charge < -0.3 is 19.7 Å². The molecule has 0 saturated carbocycles. The van der Waals surface area contributed by atoms with Crippen LogP contribution in [0.5, 0.6) is 11.5 Å². The summed E-state index contributed by atoms with van der Waals surface area (Å²) >= 11 is 0. The Balaban J connectivity index is 1.32. The van der Waals surface area contributed by atoms with Gasteiger partial charge in [0.15, 0.2) is 18.0 Å². The summed E-state index contributed by atoms with van der Waals surface area (Å²) in [6.45, 7) is 6.29. The smallest absolute Gasteiger partial charge is 0.279 e. The first-order valence-corrected chi connectivity index (χ1v) is 11.4. The van der Waals surface area contributed by atoms with E-state index < -0.39 is 10.0 Å². The lowest BCUT2D eigenvalue weighted by atomic mass is 10.1. The summed E-state index contributed by atoms with van der Waals surface area (Å²) in [7, 11) is -3.51. The summed E-state index contributed by atoms with van der Waals surface area (Å²) in [5.74, 6) is 1.17. The maximum atomic E-state index is 12.9. The van der Waals surface area contributed by atoms with E-state index in [1.54, 1.807) is 30.3 Å². The number of nitrogens with zero attached hydrogens (tertiary/aromatic N) is 1. The first kappa shape index (κ1) is 20.6. The minimum absolute atomic E-state index is 0.116. The topological polar surface area (TPSA) is 89.4 Å². The van der Waals surface area contributed by atoms with Crippen LogP contribution in [0.25, 0.3) is 0 Å². The molecule has 2 aliphatic heterocycles. The van der Waals surface area contributed by atoms with Crippen LogP contribution in [0.3, 0.4) is 0 Å². The van der Waals surface area contributed by atoms with E-state index in [9.17, 15) is 13.2 Å². The van der Waals surface area contributed by atoms with E-state index in [0.717, 1.165) is 16.0 Å². The van der Waals surface area contributed by atoms with Gasteiger partial charge in [-0.15, -0.1) is 0 Å². The van der Waals surface area contributed by atoms with Crippen LogP contribution in [0.15, 0.2) is 41.3 Å². The molecule has 0 aromatic heterocycles. The SMILES string of the molecule is Cc1ccc(S(=O)(=O)N2CC[NH+](CC(=O)Nc3ccc4c(c3)OCO4)CC2)cc1C. The molecule has 2 aromatic carbocycles. The van der Waals surface area contributed by atoms with Crippen molar-refractivity contribution in [3.63, 3.8) is 0 Å². The fourth-order valence-corrected chi connectivity index (χ4v) is 5.18. The number of carbonyl (C=O) groups is 1. The van der Waals surface area contributed by atoms with Crippen LogP contribution >= 0.6 is 0 Å². The zero-order valence-corrected chi connectivity index (χ0v) is 17.9. The number of aryl methyl sites for hydroxylation is 2. The van der Waals surface area contributed by atoms with Gasteiger partial charge in [-0.05, 0) is 49.2 Å². The van der Waals surface area contributed by atoms with Crippen molar-refractivity contribution < 1.29 is 27.6 Å². The van der Waals surface area contributed by atoms with Gasteiger partial charge in [-0.3, -0.25) is 4.79 Å². The number of carbonyl (C=O) groups excluding carboxylic acids is 1. The van der Waals surface area contributed by atoms with Crippen molar-refractivity contribution in [2.75, 3.05) is 44.8 Å². The molecule has 0 spiro atoms. The van der Waals surface area contributed by atoms with Crippen molar-refractivity contribution in [2.24, 2.45) is 0 Å². The van der Waals surface area contributed by atoms with Gasteiger partial charge in [0.25, 0.3) is 5.91 Å². The van der Waals surface area contributed by atoms with E-state index in [1.165, 1.54) is 4.31 Å². The van der Waals surface area contributed by atoms with Gasteiger partial charge in [0.1, 0.15) is 0 Å². The van der Waals surface area contributed by atoms with E-state index in [-0.39, 0.29) is 19.2 Å².